The van der Waals surface area contributed by atoms with Gasteiger partial charge >= 0.3 is 0 Å². The first kappa shape index (κ1) is 15.8. The van der Waals surface area contributed by atoms with Crippen molar-refractivity contribution in [1.29, 1.82) is 0 Å². The zero-order valence-electron chi connectivity index (χ0n) is 14.5. The van der Waals surface area contributed by atoms with Gasteiger partial charge in [0.2, 0.25) is 0 Å². The molecule has 28 heavy (non-hydrogen) atoms. The summed E-state index contributed by atoms with van der Waals surface area (Å²) in [6.07, 6.45) is 3.08. The quantitative estimate of drug-likeness (QED) is 0.480. The first-order chi connectivity index (χ1) is 13.6. The highest BCUT2D eigenvalue weighted by atomic mass is 32.1. The molecule has 1 saturated carbocycles. The predicted octanol–water partition coefficient (Wildman–Crippen LogP) is 3.76. The average Bonchev–Trinajstić information content (AvgIpc) is 3.31. The number of nitrogens with zero attached hydrogens (tertiary/aromatic N) is 2. The smallest absolute Gasteiger partial charge is 0.271 e. The number of benzene rings is 1. The number of halogens is 1. The molecule has 8 heteroatoms. The molecule has 0 radical (unpaired) electrons. The first-order valence-corrected chi connectivity index (χ1v) is 9.77. The van der Waals surface area contributed by atoms with Crippen LogP contribution in [0.2, 0.25) is 0 Å². The minimum Gasteiger partial charge on any atom is -0.353 e. The van der Waals surface area contributed by atoms with Gasteiger partial charge in [0.05, 0.1) is 16.6 Å². The number of pyridine rings is 1. The highest BCUT2D eigenvalue weighted by Gasteiger charge is 2.31. The number of para-hydroxylation sites is 1. The molecule has 5 aromatic rings. The van der Waals surface area contributed by atoms with E-state index in [2.05, 4.69) is 14.3 Å². The molecule has 0 atom stereocenters. The summed E-state index contributed by atoms with van der Waals surface area (Å²) in [6.45, 7) is 0. The van der Waals surface area contributed by atoms with Crippen molar-refractivity contribution >= 4 is 38.2 Å². The molecule has 0 saturated heterocycles. The van der Waals surface area contributed by atoms with Crippen LogP contribution in [0.5, 0.6) is 0 Å². The SMILES string of the molecule is O=c1[nH]sc2c(C3CC3)c3nc(-c4cc5ccccc5[nH]4)c(F)cn3c(=O)c12. The second-order valence-electron chi connectivity index (χ2n) is 7.13. The van der Waals surface area contributed by atoms with E-state index >= 15 is 0 Å². The second-order valence-corrected chi connectivity index (χ2v) is 7.95. The molecular weight excluding hydrogens is 379 g/mol. The summed E-state index contributed by atoms with van der Waals surface area (Å²) in [6, 6.07) is 9.52. The van der Waals surface area contributed by atoms with Crippen molar-refractivity contribution in [1.82, 2.24) is 18.7 Å². The van der Waals surface area contributed by atoms with Crippen molar-refractivity contribution in [3.05, 3.63) is 68.6 Å². The Bertz CT molecular complexity index is 1500. The van der Waals surface area contributed by atoms with E-state index in [0.29, 0.717) is 16.0 Å². The lowest BCUT2D eigenvalue weighted by Gasteiger charge is -2.10. The largest absolute Gasteiger partial charge is 0.353 e. The van der Waals surface area contributed by atoms with Crippen LogP contribution in [0, 0.1) is 5.82 Å². The lowest BCUT2D eigenvalue weighted by Crippen LogP contribution is -2.21. The summed E-state index contributed by atoms with van der Waals surface area (Å²) in [4.78, 5) is 32.7. The molecule has 2 N–H and O–H groups in total. The van der Waals surface area contributed by atoms with E-state index in [4.69, 9.17) is 0 Å². The maximum Gasteiger partial charge on any atom is 0.271 e. The van der Waals surface area contributed by atoms with E-state index in [1.54, 1.807) is 0 Å². The van der Waals surface area contributed by atoms with E-state index in [9.17, 15) is 14.0 Å². The molecule has 1 aliphatic rings. The second kappa shape index (κ2) is 5.39. The minimum atomic E-state index is -0.617. The molecule has 4 aromatic heterocycles. The number of hydrogen-bond acceptors (Lipinski definition) is 4. The lowest BCUT2D eigenvalue weighted by molar-refractivity contribution is 0.614. The third kappa shape index (κ3) is 2.09. The van der Waals surface area contributed by atoms with Crippen LogP contribution in [0.25, 0.3) is 38.0 Å². The Morgan fingerprint density at radius 2 is 2.04 bits per heavy atom. The van der Waals surface area contributed by atoms with Crippen molar-refractivity contribution in [2.24, 2.45) is 0 Å². The van der Waals surface area contributed by atoms with Crippen molar-refractivity contribution in [3.8, 4) is 11.4 Å². The van der Waals surface area contributed by atoms with Gasteiger partial charge in [-0.2, -0.15) is 0 Å². The van der Waals surface area contributed by atoms with E-state index in [1.807, 2.05) is 30.3 Å². The fraction of sp³-hybridized carbons (Fsp3) is 0.150. The van der Waals surface area contributed by atoms with E-state index in [0.717, 1.165) is 47.0 Å². The Morgan fingerprint density at radius 1 is 1.21 bits per heavy atom. The van der Waals surface area contributed by atoms with Gasteiger partial charge in [-0.15, -0.1) is 0 Å². The zero-order valence-corrected chi connectivity index (χ0v) is 15.3. The molecule has 0 spiro atoms. The average molecular weight is 392 g/mol. The third-order valence-corrected chi connectivity index (χ3v) is 6.22. The Kier molecular flexibility index (Phi) is 3.03. The van der Waals surface area contributed by atoms with Crippen molar-refractivity contribution in [2.75, 3.05) is 0 Å². The van der Waals surface area contributed by atoms with Gasteiger partial charge in [0, 0.05) is 16.5 Å². The molecule has 1 aliphatic carbocycles. The van der Waals surface area contributed by atoms with Gasteiger partial charge in [-0.3, -0.25) is 18.4 Å². The zero-order chi connectivity index (χ0) is 19.0. The summed E-state index contributed by atoms with van der Waals surface area (Å²) in [7, 11) is 0. The number of aromatic amines is 2. The maximum atomic E-state index is 15.0. The summed E-state index contributed by atoms with van der Waals surface area (Å²) < 4.78 is 19.4. The Morgan fingerprint density at radius 3 is 2.82 bits per heavy atom. The van der Waals surface area contributed by atoms with Gasteiger partial charge in [0.25, 0.3) is 11.1 Å². The lowest BCUT2D eigenvalue weighted by atomic mass is 10.1. The van der Waals surface area contributed by atoms with Crippen LogP contribution in [-0.2, 0) is 0 Å². The molecule has 6 nitrogen and oxygen atoms in total. The highest BCUT2D eigenvalue weighted by molar-refractivity contribution is 7.13. The molecule has 1 aromatic carbocycles. The molecular formula is C20H13FN4O2S. The van der Waals surface area contributed by atoms with Crippen molar-refractivity contribution < 1.29 is 4.39 Å². The van der Waals surface area contributed by atoms with E-state index in [1.165, 1.54) is 4.40 Å². The molecule has 0 bridgehead atoms. The number of fused-ring (bicyclic) bond motifs is 3. The number of rotatable bonds is 2. The normalized spacial score (nSPS) is 14.5. The van der Waals surface area contributed by atoms with Gasteiger partial charge in [-0.1, -0.05) is 29.7 Å². The van der Waals surface area contributed by atoms with Crippen molar-refractivity contribution in [3.63, 3.8) is 0 Å². The van der Waals surface area contributed by atoms with Crippen LogP contribution in [0.3, 0.4) is 0 Å². The Labute approximate surface area is 160 Å². The Hall–Kier alpha value is -3.26. The van der Waals surface area contributed by atoms with Crippen molar-refractivity contribution in [2.45, 2.75) is 18.8 Å². The minimum absolute atomic E-state index is 0.0870. The topological polar surface area (TPSA) is 83.0 Å². The van der Waals surface area contributed by atoms with Gasteiger partial charge in [-0.05, 0) is 30.9 Å². The number of aromatic nitrogens is 4. The summed E-state index contributed by atoms with van der Waals surface area (Å²) in [5.41, 5.74) is 1.92. The van der Waals surface area contributed by atoms with Gasteiger partial charge in [-0.25, -0.2) is 9.37 Å². The maximum absolute atomic E-state index is 15.0. The van der Waals surface area contributed by atoms with Crippen LogP contribution in [0.4, 0.5) is 4.39 Å². The van der Waals surface area contributed by atoms with Crippen LogP contribution in [-0.4, -0.2) is 18.7 Å². The number of nitrogens with one attached hydrogen (secondary N) is 2. The molecule has 1 fully saturated rings. The predicted molar refractivity (Wildman–Crippen MR) is 107 cm³/mol. The fourth-order valence-electron chi connectivity index (χ4n) is 3.83. The molecule has 0 unspecified atom stereocenters. The number of hydrogen-bond donors (Lipinski definition) is 2. The summed E-state index contributed by atoms with van der Waals surface area (Å²) in [5.74, 6) is -0.382. The monoisotopic (exact) mass is 392 g/mol. The van der Waals surface area contributed by atoms with Gasteiger partial charge < -0.3 is 4.98 Å². The van der Waals surface area contributed by atoms with Crippen LogP contribution in [0.1, 0.15) is 24.3 Å². The van der Waals surface area contributed by atoms with Crippen LogP contribution < -0.4 is 11.1 Å². The van der Waals surface area contributed by atoms with E-state index < -0.39 is 16.9 Å². The van der Waals surface area contributed by atoms with Crippen LogP contribution in [0.15, 0.2) is 46.1 Å². The molecule has 6 rings (SSSR count). The first-order valence-electron chi connectivity index (χ1n) is 8.96. The van der Waals surface area contributed by atoms with Gasteiger partial charge in [0.1, 0.15) is 16.7 Å². The molecule has 0 aliphatic heterocycles. The van der Waals surface area contributed by atoms with Crippen LogP contribution >= 0.6 is 11.5 Å². The summed E-state index contributed by atoms with van der Waals surface area (Å²) in [5, 5.41) is 1.04. The molecule has 4 heterocycles. The molecule has 138 valence electrons. The van der Waals surface area contributed by atoms with Gasteiger partial charge in [0.15, 0.2) is 5.82 Å². The Balaban J connectivity index is 1.74. The highest BCUT2D eigenvalue weighted by Crippen LogP contribution is 2.45. The standard InChI is InChI=1S/C20H13FN4O2S/c21-11-8-25-18(23-16(11)13-7-10-3-1-2-4-12(10)22-13)14(9-5-6-9)17-15(20(25)27)19(26)24-28-17/h1-4,7-9,22H,5-6H2,(H,24,26). The van der Waals surface area contributed by atoms with E-state index in [-0.39, 0.29) is 17.0 Å². The number of H-pyrrole nitrogens is 2. The fourth-order valence-corrected chi connectivity index (χ4v) is 4.78. The molecule has 0 amide bonds. The summed E-state index contributed by atoms with van der Waals surface area (Å²) >= 11 is 1.16. The third-order valence-electron chi connectivity index (χ3n) is 5.30.